The second kappa shape index (κ2) is 4.48. The maximum atomic E-state index is 11.2. The van der Waals surface area contributed by atoms with Crippen molar-refractivity contribution < 1.29 is 0 Å². The zero-order valence-corrected chi connectivity index (χ0v) is 10.2. The Hall–Kier alpha value is -2.77. The number of rotatable bonds is 3. The van der Waals surface area contributed by atoms with Gasteiger partial charge in [-0.25, -0.2) is 14.6 Å². The number of aryl methyl sites for hydroxylation is 1. The minimum Gasteiger partial charge on any atom is -0.333 e. The summed E-state index contributed by atoms with van der Waals surface area (Å²) in [7, 11) is 1.89. The van der Waals surface area contributed by atoms with Gasteiger partial charge in [-0.1, -0.05) is 5.21 Å². The summed E-state index contributed by atoms with van der Waals surface area (Å²) < 4.78 is 3.48. The van der Waals surface area contributed by atoms with Gasteiger partial charge >= 0.3 is 0 Å². The molecule has 3 aromatic heterocycles. The van der Waals surface area contributed by atoms with Crippen LogP contribution in [0.1, 0.15) is 5.69 Å². The lowest BCUT2D eigenvalue weighted by Gasteiger charge is -1.98. The topological polar surface area (TPSA) is 94.3 Å². The minimum absolute atomic E-state index is 0.186. The highest BCUT2D eigenvalue weighted by atomic mass is 16.1. The van der Waals surface area contributed by atoms with E-state index >= 15 is 0 Å². The SMILES string of the molecule is Cn1ccnc1-c1cn(Cc2cc(=O)[nH]cn2)nn1. The van der Waals surface area contributed by atoms with Crippen molar-refractivity contribution in [2.45, 2.75) is 6.54 Å². The molecule has 19 heavy (non-hydrogen) atoms. The van der Waals surface area contributed by atoms with E-state index in [0.717, 1.165) is 5.82 Å². The predicted octanol–water partition coefficient (Wildman–Crippen LogP) is -0.190. The number of H-pyrrole nitrogens is 1. The smallest absolute Gasteiger partial charge is 0.250 e. The molecule has 96 valence electrons. The fourth-order valence-electron chi connectivity index (χ4n) is 1.75. The van der Waals surface area contributed by atoms with E-state index in [-0.39, 0.29) is 5.56 Å². The molecule has 0 fully saturated rings. The maximum Gasteiger partial charge on any atom is 0.250 e. The lowest BCUT2D eigenvalue weighted by Crippen LogP contribution is -2.10. The Morgan fingerprint density at radius 3 is 3.00 bits per heavy atom. The van der Waals surface area contributed by atoms with Crippen LogP contribution in [0.25, 0.3) is 11.5 Å². The average molecular weight is 257 g/mol. The molecule has 3 aromatic rings. The summed E-state index contributed by atoms with van der Waals surface area (Å²) >= 11 is 0. The minimum atomic E-state index is -0.186. The van der Waals surface area contributed by atoms with Crippen LogP contribution >= 0.6 is 0 Å². The number of nitrogens with one attached hydrogen (secondary N) is 1. The zero-order chi connectivity index (χ0) is 13.2. The van der Waals surface area contributed by atoms with Crippen molar-refractivity contribution in [1.29, 1.82) is 0 Å². The Morgan fingerprint density at radius 2 is 2.26 bits per heavy atom. The van der Waals surface area contributed by atoms with Crippen molar-refractivity contribution in [2.24, 2.45) is 7.05 Å². The number of nitrogens with zero attached hydrogens (tertiary/aromatic N) is 6. The first kappa shape index (κ1) is 11.3. The molecule has 0 aromatic carbocycles. The largest absolute Gasteiger partial charge is 0.333 e. The lowest BCUT2D eigenvalue weighted by molar-refractivity contribution is 0.636. The molecule has 3 heterocycles. The van der Waals surface area contributed by atoms with E-state index in [9.17, 15) is 4.79 Å². The number of hydrogen-bond acceptors (Lipinski definition) is 5. The summed E-state index contributed by atoms with van der Waals surface area (Å²) in [5.74, 6) is 0.741. The summed E-state index contributed by atoms with van der Waals surface area (Å²) in [6.45, 7) is 0.390. The second-order valence-electron chi connectivity index (χ2n) is 4.07. The highest BCUT2D eigenvalue weighted by Crippen LogP contribution is 2.12. The van der Waals surface area contributed by atoms with E-state index in [4.69, 9.17) is 0 Å². The van der Waals surface area contributed by atoms with E-state index in [1.165, 1.54) is 12.4 Å². The van der Waals surface area contributed by atoms with Crippen molar-refractivity contribution in [2.75, 3.05) is 0 Å². The maximum absolute atomic E-state index is 11.2. The van der Waals surface area contributed by atoms with E-state index in [1.54, 1.807) is 17.1 Å². The molecule has 0 radical (unpaired) electrons. The fourth-order valence-corrected chi connectivity index (χ4v) is 1.75. The number of hydrogen-bond donors (Lipinski definition) is 1. The quantitative estimate of drug-likeness (QED) is 0.701. The van der Waals surface area contributed by atoms with Crippen LogP contribution in [0.3, 0.4) is 0 Å². The molecule has 0 atom stereocenters. The highest BCUT2D eigenvalue weighted by molar-refractivity contribution is 5.47. The molecular weight excluding hydrogens is 246 g/mol. The van der Waals surface area contributed by atoms with E-state index < -0.39 is 0 Å². The molecule has 8 heteroatoms. The predicted molar refractivity (Wildman–Crippen MR) is 66.2 cm³/mol. The van der Waals surface area contributed by atoms with Crippen molar-refractivity contribution >= 4 is 0 Å². The van der Waals surface area contributed by atoms with Crippen LogP contribution < -0.4 is 5.56 Å². The molecular formula is C11H11N7O. The highest BCUT2D eigenvalue weighted by Gasteiger charge is 2.08. The third-order valence-corrected chi connectivity index (χ3v) is 2.65. The van der Waals surface area contributed by atoms with Gasteiger partial charge in [0.25, 0.3) is 5.56 Å². The summed E-state index contributed by atoms with van der Waals surface area (Å²) in [4.78, 5) is 21.9. The van der Waals surface area contributed by atoms with Gasteiger partial charge in [0.2, 0.25) is 0 Å². The average Bonchev–Trinajstić information content (AvgIpc) is 2.98. The summed E-state index contributed by atoms with van der Waals surface area (Å²) in [5.41, 5.74) is 1.12. The first-order valence-corrected chi connectivity index (χ1v) is 5.64. The Labute approximate surface area is 107 Å². The Bertz CT molecular complexity index is 754. The van der Waals surface area contributed by atoms with Crippen LogP contribution in [0.15, 0.2) is 35.8 Å². The molecule has 1 N–H and O–H groups in total. The normalized spacial score (nSPS) is 10.8. The molecule has 0 saturated carbocycles. The summed E-state index contributed by atoms with van der Waals surface area (Å²) in [6, 6.07) is 1.43. The molecule has 8 nitrogen and oxygen atoms in total. The van der Waals surface area contributed by atoms with Crippen molar-refractivity contribution in [3.63, 3.8) is 0 Å². The van der Waals surface area contributed by atoms with Gasteiger partial charge in [-0.3, -0.25) is 4.79 Å². The zero-order valence-electron chi connectivity index (χ0n) is 10.2. The molecule has 0 bridgehead atoms. The van der Waals surface area contributed by atoms with Crippen LogP contribution in [0.2, 0.25) is 0 Å². The molecule has 0 aliphatic rings. The van der Waals surface area contributed by atoms with Gasteiger partial charge < -0.3 is 9.55 Å². The van der Waals surface area contributed by atoms with Gasteiger partial charge in [0.15, 0.2) is 5.82 Å². The van der Waals surface area contributed by atoms with Crippen molar-refractivity contribution in [3.05, 3.63) is 47.0 Å². The third-order valence-electron chi connectivity index (χ3n) is 2.65. The first-order valence-electron chi connectivity index (χ1n) is 5.64. The molecule has 0 spiro atoms. The Kier molecular flexibility index (Phi) is 2.67. The van der Waals surface area contributed by atoms with Gasteiger partial charge in [-0.2, -0.15) is 0 Å². The van der Waals surface area contributed by atoms with Crippen LogP contribution in [0.4, 0.5) is 0 Å². The molecule has 3 rings (SSSR count). The van der Waals surface area contributed by atoms with Gasteiger partial charge in [-0.15, -0.1) is 5.10 Å². The van der Waals surface area contributed by atoms with Gasteiger partial charge in [0, 0.05) is 25.5 Å². The van der Waals surface area contributed by atoms with Crippen LogP contribution in [-0.2, 0) is 13.6 Å². The fraction of sp³-hybridized carbons (Fsp3) is 0.182. The van der Waals surface area contributed by atoms with E-state index in [0.29, 0.717) is 17.9 Å². The second-order valence-corrected chi connectivity index (χ2v) is 4.07. The van der Waals surface area contributed by atoms with Crippen molar-refractivity contribution in [3.8, 4) is 11.5 Å². The van der Waals surface area contributed by atoms with Crippen LogP contribution in [0.5, 0.6) is 0 Å². The number of aromatic amines is 1. The Morgan fingerprint density at radius 1 is 1.37 bits per heavy atom. The first-order chi connectivity index (χ1) is 9.22. The molecule has 0 unspecified atom stereocenters. The van der Waals surface area contributed by atoms with Crippen molar-refractivity contribution in [1.82, 2.24) is 34.5 Å². The summed E-state index contributed by atoms with van der Waals surface area (Å²) in [6.07, 6.45) is 6.68. The third kappa shape index (κ3) is 2.28. The van der Waals surface area contributed by atoms with Gasteiger partial charge in [-0.05, 0) is 0 Å². The molecule has 0 aliphatic heterocycles. The van der Waals surface area contributed by atoms with Crippen LogP contribution in [-0.4, -0.2) is 34.5 Å². The molecule has 0 aliphatic carbocycles. The van der Waals surface area contributed by atoms with Crippen LogP contribution in [0, 0.1) is 0 Å². The van der Waals surface area contributed by atoms with E-state index in [1.807, 2.05) is 17.8 Å². The monoisotopic (exact) mass is 257 g/mol. The van der Waals surface area contributed by atoms with Gasteiger partial charge in [0.1, 0.15) is 5.69 Å². The molecule has 0 saturated heterocycles. The van der Waals surface area contributed by atoms with E-state index in [2.05, 4.69) is 25.3 Å². The van der Waals surface area contributed by atoms with Gasteiger partial charge in [0.05, 0.1) is 24.8 Å². The number of aromatic nitrogens is 7. The standard InChI is InChI=1S/C11H11N7O/c1-17-3-2-12-11(17)9-6-18(16-15-9)5-8-4-10(19)14-7-13-8/h2-4,6-7H,5H2,1H3,(H,13,14,19). The number of imidazole rings is 1. The molecule has 0 amide bonds. The summed E-state index contributed by atoms with van der Waals surface area (Å²) in [5, 5.41) is 8.05. The lowest BCUT2D eigenvalue weighted by atomic mass is 10.4. The Balaban J connectivity index is 1.86.